The van der Waals surface area contributed by atoms with Crippen molar-refractivity contribution in [1.82, 2.24) is 4.90 Å². The highest BCUT2D eigenvalue weighted by Gasteiger charge is 2.26. The minimum atomic E-state index is 0.165. The van der Waals surface area contributed by atoms with Crippen LogP contribution in [-0.4, -0.2) is 23.8 Å². The number of aryl methyl sites for hydroxylation is 5. The molecular weight excluding hydrogens is 474 g/mol. The molecule has 0 heterocycles. The fraction of sp³-hybridized carbons (Fsp3) is 0.432. The van der Waals surface area contributed by atoms with Crippen LogP contribution in [0.2, 0.25) is 0 Å². The summed E-state index contributed by atoms with van der Waals surface area (Å²) in [7, 11) is 0. The number of fused-ring (bicyclic) bond motifs is 2. The van der Waals surface area contributed by atoms with Crippen molar-refractivity contribution in [2.75, 3.05) is 13.1 Å². The molecule has 0 aromatic heterocycles. The molecule has 2 aliphatic rings. The van der Waals surface area contributed by atoms with Crippen LogP contribution < -0.4 is 0 Å². The van der Waals surface area contributed by atoms with Gasteiger partial charge in [-0.25, -0.2) is 0 Å². The third-order valence-corrected chi connectivity index (χ3v) is 9.01. The fourth-order valence-electron chi connectivity index (χ4n) is 6.78. The van der Waals surface area contributed by atoms with Crippen LogP contribution in [0.1, 0.15) is 101 Å². The van der Waals surface area contributed by atoms with Crippen molar-refractivity contribution in [1.29, 1.82) is 0 Å². The Bertz CT molecular complexity index is 1290. The van der Waals surface area contributed by atoms with Gasteiger partial charge in [0, 0.05) is 18.2 Å². The van der Waals surface area contributed by atoms with Gasteiger partial charge in [-0.2, -0.15) is 0 Å². The average Bonchev–Trinajstić information content (AvgIpc) is 3.44. The van der Waals surface area contributed by atoms with Crippen LogP contribution in [0.3, 0.4) is 0 Å². The van der Waals surface area contributed by atoms with E-state index in [9.17, 15) is 4.79 Å². The lowest BCUT2D eigenvalue weighted by Crippen LogP contribution is -2.34. The standard InChI is InChI=1S/C37H45NO/c1-3-4-5-8-24-38(37-16-10-15-35-27-33(28(2)39)21-22-36(35)37)25-23-32-12-7-6-11-30(32)19-17-29-18-20-31-13-9-14-34(31)26-29/h3,6-7,11-12,18,20-22,26-27,37H,1,4-5,8-10,13-17,19,23-25H2,2H3. The summed E-state index contributed by atoms with van der Waals surface area (Å²) < 4.78 is 0. The Labute approximate surface area is 236 Å². The second kappa shape index (κ2) is 13.4. The first-order chi connectivity index (χ1) is 19.1. The monoisotopic (exact) mass is 519 g/mol. The maximum atomic E-state index is 12.0. The van der Waals surface area contributed by atoms with Crippen LogP contribution in [-0.2, 0) is 38.5 Å². The summed E-state index contributed by atoms with van der Waals surface area (Å²) >= 11 is 0. The summed E-state index contributed by atoms with van der Waals surface area (Å²) in [5.41, 5.74) is 11.3. The number of carbonyl (C=O) groups excluding carboxylic acids is 1. The largest absolute Gasteiger partial charge is 0.296 e. The quantitative estimate of drug-likeness (QED) is 0.128. The molecule has 0 radical (unpaired) electrons. The van der Waals surface area contributed by atoms with Gasteiger partial charge in [-0.3, -0.25) is 9.69 Å². The Hall–Kier alpha value is -2.97. The number of allylic oxidation sites excluding steroid dienone is 1. The zero-order valence-corrected chi connectivity index (χ0v) is 23.9. The first-order valence-electron chi connectivity index (χ1n) is 15.3. The first-order valence-corrected chi connectivity index (χ1v) is 15.3. The van der Waals surface area contributed by atoms with Gasteiger partial charge in [0.15, 0.2) is 5.78 Å². The Morgan fingerprint density at radius 1 is 0.846 bits per heavy atom. The van der Waals surface area contributed by atoms with Crippen LogP contribution in [0, 0.1) is 0 Å². The van der Waals surface area contributed by atoms with Gasteiger partial charge in [0.2, 0.25) is 0 Å². The fourth-order valence-corrected chi connectivity index (χ4v) is 6.78. The first kappa shape index (κ1) is 27.6. The summed E-state index contributed by atoms with van der Waals surface area (Å²) in [6, 6.07) is 23.2. The Balaban J connectivity index is 1.29. The molecule has 0 bridgehead atoms. The van der Waals surface area contributed by atoms with Gasteiger partial charge < -0.3 is 0 Å². The van der Waals surface area contributed by atoms with Gasteiger partial charge in [-0.15, -0.1) is 6.58 Å². The van der Waals surface area contributed by atoms with E-state index in [-0.39, 0.29) is 5.78 Å². The van der Waals surface area contributed by atoms with E-state index < -0.39 is 0 Å². The van der Waals surface area contributed by atoms with Crippen molar-refractivity contribution in [3.63, 3.8) is 0 Å². The van der Waals surface area contributed by atoms with E-state index in [4.69, 9.17) is 0 Å². The molecule has 3 aromatic rings. The second-order valence-electron chi connectivity index (χ2n) is 11.7. The van der Waals surface area contributed by atoms with Crippen molar-refractivity contribution >= 4 is 5.78 Å². The van der Waals surface area contributed by atoms with Crippen LogP contribution in [0.25, 0.3) is 0 Å². The van der Waals surface area contributed by atoms with E-state index in [1.54, 1.807) is 18.1 Å². The van der Waals surface area contributed by atoms with Gasteiger partial charge in [0.25, 0.3) is 0 Å². The van der Waals surface area contributed by atoms with E-state index in [0.717, 1.165) is 50.8 Å². The van der Waals surface area contributed by atoms with E-state index in [1.807, 2.05) is 12.1 Å². The maximum Gasteiger partial charge on any atom is 0.159 e. The molecule has 2 heteroatoms. The molecule has 1 unspecified atom stereocenters. The molecule has 3 aromatic carbocycles. The molecule has 0 saturated carbocycles. The van der Waals surface area contributed by atoms with Crippen molar-refractivity contribution in [2.24, 2.45) is 0 Å². The Morgan fingerprint density at radius 3 is 2.46 bits per heavy atom. The Morgan fingerprint density at radius 2 is 1.64 bits per heavy atom. The number of nitrogens with zero attached hydrogens (tertiary/aromatic N) is 1. The molecule has 2 aliphatic carbocycles. The zero-order valence-electron chi connectivity index (χ0n) is 23.9. The number of rotatable bonds is 13. The molecule has 1 atom stereocenters. The molecule has 39 heavy (non-hydrogen) atoms. The van der Waals surface area contributed by atoms with Gasteiger partial charge in [0.1, 0.15) is 0 Å². The van der Waals surface area contributed by atoms with E-state index in [2.05, 4.69) is 66.1 Å². The minimum Gasteiger partial charge on any atom is -0.296 e. The number of hydrogen-bond acceptors (Lipinski definition) is 2. The second-order valence-corrected chi connectivity index (χ2v) is 11.7. The highest BCUT2D eigenvalue weighted by molar-refractivity contribution is 5.94. The van der Waals surface area contributed by atoms with Crippen molar-refractivity contribution in [3.05, 3.63) is 118 Å². The topological polar surface area (TPSA) is 20.3 Å². The third-order valence-electron chi connectivity index (χ3n) is 9.01. The summed E-state index contributed by atoms with van der Waals surface area (Å²) in [4.78, 5) is 14.8. The minimum absolute atomic E-state index is 0.165. The van der Waals surface area contributed by atoms with Crippen molar-refractivity contribution in [3.8, 4) is 0 Å². The number of ketones is 1. The molecule has 0 saturated heterocycles. The van der Waals surface area contributed by atoms with Gasteiger partial charge in [-0.05, 0) is 136 Å². The molecule has 0 aliphatic heterocycles. The smallest absolute Gasteiger partial charge is 0.159 e. The lowest BCUT2D eigenvalue weighted by atomic mass is 9.85. The molecule has 0 amide bonds. The summed E-state index contributed by atoms with van der Waals surface area (Å²) in [6.45, 7) is 7.78. The molecule has 0 N–H and O–H groups in total. The number of unbranched alkanes of at least 4 members (excludes halogenated alkanes) is 2. The average molecular weight is 520 g/mol. The van der Waals surface area contributed by atoms with Crippen LogP contribution >= 0.6 is 0 Å². The molecule has 2 nitrogen and oxygen atoms in total. The van der Waals surface area contributed by atoms with Gasteiger partial charge in [0.05, 0.1) is 0 Å². The lowest BCUT2D eigenvalue weighted by Gasteiger charge is -2.36. The highest BCUT2D eigenvalue weighted by Crippen LogP contribution is 2.35. The molecule has 204 valence electrons. The number of carbonyl (C=O) groups is 1. The van der Waals surface area contributed by atoms with Crippen LogP contribution in [0.4, 0.5) is 0 Å². The van der Waals surface area contributed by atoms with E-state index in [0.29, 0.717) is 6.04 Å². The summed E-state index contributed by atoms with van der Waals surface area (Å²) in [6.07, 6.45) is 16.1. The van der Waals surface area contributed by atoms with Gasteiger partial charge in [-0.1, -0.05) is 60.7 Å². The van der Waals surface area contributed by atoms with Crippen LogP contribution in [0.15, 0.2) is 73.3 Å². The zero-order chi connectivity index (χ0) is 27.0. The molecular formula is C37H45NO. The SMILES string of the molecule is C=CCCCCN(CCc1ccccc1CCc1ccc2c(c1)CCC2)C1CCCc2cc(C(C)=O)ccc21. The highest BCUT2D eigenvalue weighted by atomic mass is 16.1. The van der Waals surface area contributed by atoms with E-state index >= 15 is 0 Å². The van der Waals surface area contributed by atoms with Crippen LogP contribution in [0.5, 0.6) is 0 Å². The van der Waals surface area contributed by atoms with Crippen molar-refractivity contribution in [2.45, 2.75) is 90.0 Å². The predicted molar refractivity (Wildman–Crippen MR) is 164 cm³/mol. The molecule has 5 rings (SSSR count). The number of Topliss-reactive ketones (excluding diaryl/α,β-unsaturated/α-hetero) is 1. The summed E-state index contributed by atoms with van der Waals surface area (Å²) in [5.74, 6) is 0.165. The number of benzene rings is 3. The third kappa shape index (κ3) is 6.97. The van der Waals surface area contributed by atoms with Crippen molar-refractivity contribution < 1.29 is 4.79 Å². The molecule has 0 spiro atoms. The number of hydrogen-bond donors (Lipinski definition) is 0. The van der Waals surface area contributed by atoms with Gasteiger partial charge >= 0.3 is 0 Å². The van der Waals surface area contributed by atoms with E-state index in [1.165, 1.54) is 72.8 Å². The normalized spacial score (nSPS) is 16.2. The Kier molecular flexibility index (Phi) is 9.48. The summed E-state index contributed by atoms with van der Waals surface area (Å²) in [5, 5.41) is 0. The predicted octanol–water partition coefficient (Wildman–Crippen LogP) is 8.44. The maximum absolute atomic E-state index is 12.0. The molecule has 0 fully saturated rings. The lowest BCUT2D eigenvalue weighted by molar-refractivity contribution is 0.101.